The molecule has 0 fully saturated rings. The zero-order valence-corrected chi connectivity index (χ0v) is 16.4. The Morgan fingerprint density at radius 3 is 2.07 bits per heavy atom. The van der Waals surface area contributed by atoms with Gasteiger partial charge in [-0.2, -0.15) is 13.2 Å². The second-order valence-corrected chi connectivity index (χ2v) is 5.91. The van der Waals surface area contributed by atoms with Crippen molar-refractivity contribution in [1.29, 1.82) is 0 Å². The van der Waals surface area contributed by atoms with Gasteiger partial charge in [-0.1, -0.05) is 11.6 Å². The molecule has 0 unspecified atom stereocenters. The first-order valence-electron chi connectivity index (χ1n) is 7.76. The van der Waals surface area contributed by atoms with Gasteiger partial charge in [-0.15, -0.1) is 0 Å². The molecular weight excluding hydrogens is 403 g/mol. The van der Waals surface area contributed by atoms with Crippen molar-refractivity contribution in [2.45, 2.75) is 13.1 Å². The molecule has 0 bridgehead atoms. The summed E-state index contributed by atoms with van der Waals surface area (Å²) in [6.45, 7) is 1.57. The van der Waals surface area contributed by atoms with Crippen LogP contribution in [0.25, 0.3) is 0 Å². The second-order valence-electron chi connectivity index (χ2n) is 5.53. The maximum atomic E-state index is 13.2. The molecule has 2 aromatic rings. The summed E-state index contributed by atoms with van der Waals surface area (Å²) in [5, 5.41) is -0.819. The summed E-state index contributed by atoms with van der Waals surface area (Å²) < 4.78 is 60.4. The Kier molecular flexibility index (Phi) is 6.28. The average Bonchev–Trinajstić information content (AvgIpc) is 2.64. The van der Waals surface area contributed by atoms with Gasteiger partial charge in [0.05, 0.1) is 44.6 Å². The predicted octanol–water partition coefficient (Wildman–Crippen LogP) is 4.33. The average molecular weight is 420 g/mol. The maximum absolute atomic E-state index is 13.2. The van der Waals surface area contributed by atoms with E-state index in [1.165, 1.54) is 34.5 Å². The van der Waals surface area contributed by atoms with Crippen molar-refractivity contribution < 1.29 is 36.9 Å². The number of nitrogens with zero attached hydrogens (tertiary/aromatic N) is 1. The van der Waals surface area contributed by atoms with Crippen molar-refractivity contribution in [2.24, 2.45) is 0 Å². The van der Waals surface area contributed by atoms with Crippen molar-refractivity contribution in [1.82, 2.24) is 4.98 Å². The van der Waals surface area contributed by atoms with E-state index in [0.717, 1.165) is 0 Å². The van der Waals surface area contributed by atoms with E-state index in [1.807, 2.05) is 0 Å². The molecular formula is C18H17ClF3NO5. The van der Waals surface area contributed by atoms with Gasteiger partial charge >= 0.3 is 6.18 Å². The molecule has 6 nitrogen and oxygen atoms in total. The van der Waals surface area contributed by atoms with E-state index in [-0.39, 0.29) is 28.7 Å². The van der Waals surface area contributed by atoms with Gasteiger partial charge in [-0.3, -0.25) is 4.79 Å². The number of aromatic nitrogens is 1. The van der Waals surface area contributed by atoms with E-state index in [2.05, 4.69) is 4.98 Å². The zero-order chi connectivity index (χ0) is 21.2. The topological polar surface area (TPSA) is 66.9 Å². The van der Waals surface area contributed by atoms with Crippen LogP contribution in [0.2, 0.25) is 5.02 Å². The number of pyridine rings is 1. The van der Waals surface area contributed by atoms with Gasteiger partial charge in [0.1, 0.15) is 5.56 Å². The monoisotopic (exact) mass is 419 g/mol. The smallest absolute Gasteiger partial charge is 0.419 e. The highest BCUT2D eigenvalue weighted by atomic mass is 35.5. The summed E-state index contributed by atoms with van der Waals surface area (Å²) in [6, 6.07) is 1.50. The van der Waals surface area contributed by atoms with E-state index in [1.54, 1.807) is 6.92 Å². The van der Waals surface area contributed by atoms with Crippen molar-refractivity contribution in [2.75, 3.05) is 28.4 Å². The van der Waals surface area contributed by atoms with Gasteiger partial charge in [-0.25, -0.2) is 4.98 Å². The Hall–Kier alpha value is -2.68. The summed E-state index contributed by atoms with van der Waals surface area (Å²) in [5.41, 5.74) is -1.47. The van der Waals surface area contributed by atoms with Crippen LogP contribution in [0, 0.1) is 6.92 Å². The molecule has 0 N–H and O–H groups in total. The number of hydrogen-bond donors (Lipinski definition) is 0. The van der Waals surface area contributed by atoms with Gasteiger partial charge in [-0.05, 0) is 18.6 Å². The lowest BCUT2D eigenvalue weighted by Gasteiger charge is -2.19. The van der Waals surface area contributed by atoms with E-state index in [0.29, 0.717) is 11.8 Å². The van der Waals surface area contributed by atoms with Crippen LogP contribution in [-0.4, -0.2) is 39.2 Å². The summed E-state index contributed by atoms with van der Waals surface area (Å²) in [4.78, 5) is 16.8. The molecule has 28 heavy (non-hydrogen) atoms. The molecule has 1 aromatic heterocycles. The maximum Gasteiger partial charge on any atom is 0.419 e. The number of carbonyl (C=O) groups excluding carboxylic acids is 1. The number of rotatable bonds is 6. The molecule has 10 heteroatoms. The highest BCUT2D eigenvalue weighted by molar-refractivity contribution is 6.36. The largest absolute Gasteiger partial charge is 0.493 e. The minimum Gasteiger partial charge on any atom is -0.493 e. The first-order chi connectivity index (χ1) is 13.1. The number of alkyl halides is 3. The minimum atomic E-state index is -4.80. The van der Waals surface area contributed by atoms with E-state index >= 15 is 0 Å². The van der Waals surface area contributed by atoms with Gasteiger partial charge in [0.25, 0.3) is 0 Å². The Balaban J connectivity index is 2.84. The molecule has 0 aliphatic rings. The summed E-state index contributed by atoms with van der Waals surface area (Å²) in [6.07, 6.45) is -4.29. The number of methoxy groups -OCH3 is 4. The molecule has 0 spiro atoms. The number of carbonyl (C=O) groups is 1. The van der Waals surface area contributed by atoms with Gasteiger partial charge in [0.2, 0.25) is 17.4 Å². The molecule has 2 rings (SSSR count). The molecule has 1 heterocycles. The molecule has 0 radical (unpaired) electrons. The number of aryl methyl sites for hydroxylation is 1. The molecule has 0 saturated heterocycles. The molecule has 1 aromatic carbocycles. The van der Waals surface area contributed by atoms with Gasteiger partial charge in [0.15, 0.2) is 11.5 Å². The highest BCUT2D eigenvalue weighted by Gasteiger charge is 2.38. The fraction of sp³-hybridized carbons (Fsp3) is 0.333. The van der Waals surface area contributed by atoms with Crippen molar-refractivity contribution in [3.63, 3.8) is 0 Å². The van der Waals surface area contributed by atoms with E-state index < -0.39 is 28.1 Å². The van der Waals surface area contributed by atoms with E-state index in [9.17, 15) is 18.0 Å². The Labute approximate surface area is 164 Å². The quantitative estimate of drug-likeness (QED) is 0.649. The predicted molar refractivity (Wildman–Crippen MR) is 95.1 cm³/mol. The zero-order valence-electron chi connectivity index (χ0n) is 15.7. The molecule has 0 atom stereocenters. The fourth-order valence-corrected chi connectivity index (χ4v) is 3.03. The fourth-order valence-electron chi connectivity index (χ4n) is 2.71. The van der Waals surface area contributed by atoms with Crippen molar-refractivity contribution in [3.05, 3.63) is 39.5 Å². The lowest BCUT2D eigenvalue weighted by molar-refractivity contribution is -0.137. The number of ether oxygens (including phenoxy) is 4. The third kappa shape index (κ3) is 3.66. The Bertz CT molecular complexity index is 915. The second kappa shape index (κ2) is 8.14. The summed E-state index contributed by atoms with van der Waals surface area (Å²) in [5.74, 6) is -0.836. The standard InChI is InChI=1S/C18H17ClF3NO5/c1-8-6-10(25-2)15(26-3)16(27-4)11(8)14(24)12-13(19)9(18(20,21)22)7-23-17(12)28-5/h6-7H,1-5H3. The minimum absolute atomic E-state index is 0.0140. The number of ketones is 1. The van der Waals surface area contributed by atoms with Crippen molar-refractivity contribution in [3.8, 4) is 23.1 Å². The molecule has 0 saturated carbocycles. The number of benzene rings is 1. The Morgan fingerprint density at radius 1 is 1.00 bits per heavy atom. The Morgan fingerprint density at radius 2 is 1.61 bits per heavy atom. The molecule has 152 valence electrons. The molecule has 0 aliphatic heterocycles. The molecule has 0 aliphatic carbocycles. The SMILES string of the molecule is COc1cc(C)c(C(=O)c2c(OC)ncc(C(F)(F)F)c2Cl)c(OC)c1OC. The van der Waals surface area contributed by atoms with Gasteiger partial charge < -0.3 is 18.9 Å². The number of halogens is 4. The molecule has 0 amide bonds. The van der Waals surface area contributed by atoms with Crippen LogP contribution in [0.3, 0.4) is 0 Å². The first-order valence-corrected chi connectivity index (χ1v) is 8.14. The normalized spacial score (nSPS) is 11.2. The van der Waals surface area contributed by atoms with Crippen LogP contribution in [-0.2, 0) is 6.18 Å². The highest BCUT2D eigenvalue weighted by Crippen LogP contribution is 2.45. The van der Waals surface area contributed by atoms with E-state index in [4.69, 9.17) is 30.5 Å². The van der Waals surface area contributed by atoms with Crippen LogP contribution in [0.15, 0.2) is 12.3 Å². The van der Waals surface area contributed by atoms with Crippen LogP contribution >= 0.6 is 11.6 Å². The van der Waals surface area contributed by atoms with Crippen LogP contribution < -0.4 is 18.9 Å². The lowest BCUT2D eigenvalue weighted by Crippen LogP contribution is -2.15. The van der Waals surface area contributed by atoms with Crippen LogP contribution in [0.5, 0.6) is 23.1 Å². The van der Waals surface area contributed by atoms with Crippen molar-refractivity contribution >= 4 is 17.4 Å². The summed E-state index contributed by atoms with van der Waals surface area (Å²) in [7, 11) is 5.19. The van der Waals surface area contributed by atoms with Gasteiger partial charge in [0, 0.05) is 6.20 Å². The third-order valence-corrected chi connectivity index (χ3v) is 4.35. The first kappa shape index (κ1) is 21.6. The summed E-state index contributed by atoms with van der Waals surface area (Å²) >= 11 is 5.94. The lowest BCUT2D eigenvalue weighted by atomic mass is 9.96. The van der Waals surface area contributed by atoms with Crippen LogP contribution in [0.4, 0.5) is 13.2 Å². The van der Waals surface area contributed by atoms with Crippen LogP contribution in [0.1, 0.15) is 27.0 Å². The number of hydrogen-bond acceptors (Lipinski definition) is 6. The third-order valence-electron chi connectivity index (χ3n) is 3.96.